The zero-order valence-corrected chi connectivity index (χ0v) is 7.66. The van der Waals surface area contributed by atoms with Gasteiger partial charge in [-0.25, -0.2) is 5.43 Å². The lowest BCUT2D eigenvalue weighted by Gasteiger charge is -2.25. The smallest absolute Gasteiger partial charge is 0.0658 e. The van der Waals surface area contributed by atoms with Crippen LogP contribution in [-0.2, 0) is 6.42 Å². The zero-order valence-electron chi connectivity index (χ0n) is 6.85. The molecule has 3 heteroatoms. The lowest BCUT2D eigenvalue weighted by Crippen LogP contribution is -2.39. The number of thiophene rings is 1. The molecule has 0 aromatic carbocycles. The van der Waals surface area contributed by atoms with Crippen molar-refractivity contribution in [2.75, 3.05) is 18.6 Å². The highest BCUT2D eigenvalue weighted by Gasteiger charge is 2.14. The molecular formula is C8H12N2S. The summed E-state index contributed by atoms with van der Waals surface area (Å²) in [6, 6.07) is 2.24. The molecular weight excluding hydrogens is 156 g/mol. The lowest BCUT2D eigenvalue weighted by atomic mass is 10.2. The maximum Gasteiger partial charge on any atom is 0.0658 e. The fourth-order valence-corrected chi connectivity index (χ4v) is 2.50. The number of aryl methyl sites for hydroxylation is 1. The van der Waals surface area contributed by atoms with E-state index in [2.05, 4.69) is 30.5 Å². The third kappa shape index (κ3) is 1.14. The second kappa shape index (κ2) is 2.50. The van der Waals surface area contributed by atoms with Crippen LogP contribution >= 0.6 is 11.3 Å². The summed E-state index contributed by atoms with van der Waals surface area (Å²) in [6.45, 7) is 3.24. The molecule has 2 rings (SSSR count). The summed E-state index contributed by atoms with van der Waals surface area (Å²) in [5, 5.41) is 2.11. The molecule has 1 aliphatic heterocycles. The molecule has 1 aromatic rings. The van der Waals surface area contributed by atoms with Crippen molar-refractivity contribution in [1.29, 1.82) is 0 Å². The molecule has 0 saturated heterocycles. The van der Waals surface area contributed by atoms with E-state index in [1.54, 1.807) is 0 Å². The Bertz CT molecular complexity index is 267. The number of hydrogen-bond acceptors (Lipinski definition) is 3. The summed E-state index contributed by atoms with van der Waals surface area (Å²) in [5.41, 5.74) is 4.65. The fourth-order valence-electron chi connectivity index (χ4n) is 1.43. The molecule has 11 heavy (non-hydrogen) atoms. The van der Waals surface area contributed by atoms with E-state index in [1.807, 2.05) is 11.3 Å². The summed E-state index contributed by atoms with van der Waals surface area (Å²) >= 11 is 1.91. The Balaban J connectivity index is 2.43. The normalized spacial score (nSPS) is 16.7. The molecule has 0 bridgehead atoms. The molecule has 0 unspecified atom stereocenters. The van der Waals surface area contributed by atoms with Crippen LogP contribution in [0.15, 0.2) is 6.07 Å². The van der Waals surface area contributed by atoms with E-state index < -0.39 is 0 Å². The highest BCUT2D eigenvalue weighted by molar-refractivity contribution is 7.12. The van der Waals surface area contributed by atoms with E-state index in [0.717, 1.165) is 6.54 Å². The van der Waals surface area contributed by atoms with Crippen LogP contribution in [0.4, 0.5) is 5.69 Å². The van der Waals surface area contributed by atoms with Crippen LogP contribution in [0.1, 0.15) is 9.75 Å². The second-order valence-corrected chi connectivity index (χ2v) is 4.22. The van der Waals surface area contributed by atoms with Crippen molar-refractivity contribution in [3.8, 4) is 0 Å². The summed E-state index contributed by atoms with van der Waals surface area (Å²) in [7, 11) is 2.07. The van der Waals surface area contributed by atoms with E-state index in [9.17, 15) is 0 Å². The summed E-state index contributed by atoms with van der Waals surface area (Å²) in [6.07, 6.45) is 1.18. The molecule has 0 radical (unpaired) electrons. The van der Waals surface area contributed by atoms with Gasteiger partial charge >= 0.3 is 0 Å². The SMILES string of the molecule is Cc1cc2c(s1)CCNN2C. The van der Waals surface area contributed by atoms with Gasteiger partial charge in [0.2, 0.25) is 0 Å². The quantitative estimate of drug-likeness (QED) is 0.632. The number of hydrazine groups is 1. The van der Waals surface area contributed by atoms with Crippen molar-refractivity contribution in [1.82, 2.24) is 5.43 Å². The first-order chi connectivity index (χ1) is 5.27. The largest absolute Gasteiger partial charge is 0.310 e. The number of nitrogens with one attached hydrogen (secondary N) is 1. The van der Waals surface area contributed by atoms with Crippen LogP contribution in [0.25, 0.3) is 0 Å². The average Bonchev–Trinajstić information content (AvgIpc) is 2.31. The molecule has 2 heterocycles. The van der Waals surface area contributed by atoms with Gasteiger partial charge in [-0.15, -0.1) is 11.3 Å². The van der Waals surface area contributed by atoms with Crippen molar-refractivity contribution in [2.45, 2.75) is 13.3 Å². The molecule has 0 atom stereocenters. The monoisotopic (exact) mass is 168 g/mol. The summed E-state index contributed by atoms with van der Waals surface area (Å²) in [4.78, 5) is 2.93. The highest BCUT2D eigenvalue weighted by atomic mass is 32.1. The van der Waals surface area contributed by atoms with Gasteiger partial charge in [0.05, 0.1) is 5.69 Å². The Morgan fingerprint density at radius 1 is 1.64 bits per heavy atom. The van der Waals surface area contributed by atoms with Gasteiger partial charge in [-0.05, 0) is 19.4 Å². The maximum atomic E-state index is 3.29. The van der Waals surface area contributed by atoms with E-state index >= 15 is 0 Å². The van der Waals surface area contributed by atoms with Crippen LogP contribution < -0.4 is 10.4 Å². The van der Waals surface area contributed by atoms with Crippen LogP contribution in [0.2, 0.25) is 0 Å². The molecule has 0 aliphatic carbocycles. The topological polar surface area (TPSA) is 15.3 Å². The zero-order chi connectivity index (χ0) is 7.84. The standard InChI is InChI=1S/C8H12N2S/c1-6-5-7-8(11-6)3-4-9-10(7)2/h5,9H,3-4H2,1-2H3. The maximum absolute atomic E-state index is 3.29. The number of hydrogen-bond donors (Lipinski definition) is 1. The number of fused-ring (bicyclic) bond motifs is 1. The van der Waals surface area contributed by atoms with E-state index in [0.29, 0.717) is 0 Å². The Labute approximate surface area is 70.8 Å². The Hall–Kier alpha value is -0.540. The third-order valence-corrected chi connectivity index (χ3v) is 3.07. The van der Waals surface area contributed by atoms with Gasteiger partial charge in [0, 0.05) is 23.3 Å². The van der Waals surface area contributed by atoms with Gasteiger partial charge in [-0.1, -0.05) is 0 Å². The van der Waals surface area contributed by atoms with Crippen LogP contribution in [0, 0.1) is 6.92 Å². The van der Waals surface area contributed by atoms with Gasteiger partial charge in [-0.3, -0.25) is 0 Å². The molecule has 1 aliphatic rings. The van der Waals surface area contributed by atoms with E-state index in [4.69, 9.17) is 0 Å². The fraction of sp³-hybridized carbons (Fsp3) is 0.500. The van der Waals surface area contributed by atoms with E-state index in [-0.39, 0.29) is 0 Å². The second-order valence-electron chi connectivity index (χ2n) is 2.88. The number of anilines is 1. The summed E-state index contributed by atoms with van der Waals surface area (Å²) < 4.78 is 0. The molecule has 0 fully saturated rings. The highest BCUT2D eigenvalue weighted by Crippen LogP contribution is 2.30. The van der Waals surface area contributed by atoms with Gasteiger partial charge in [-0.2, -0.15) is 0 Å². The first-order valence-electron chi connectivity index (χ1n) is 3.84. The minimum Gasteiger partial charge on any atom is -0.310 e. The Morgan fingerprint density at radius 2 is 2.45 bits per heavy atom. The van der Waals surface area contributed by atoms with E-state index in [1.165, 1.54) is 21.9 Å². The van der Waals surface area contributed by atoms with Crippen LogP contribution in [0.5, 0.6) is 0 Å². The van der Waals surface area contributed by atoms with Crippen molar-refractivity contribution in [3.05, 3.63) is 15.8 Å². The van der Waals surface area contributed by atoms with Gasteiger partial charge < -0.3 is 5.01 Å². The third-order valence-electron chi connectivity index (χ3n) is 1.97. The number of nitrogens with zero attached hydrogens (tertiary/aromatic N) is 1. The van der Waals surface area contributed by atoms with Crippen molar-refractivity contribution < 1.29 is 0 Å². The number of rotatable bonds is 0. The minimum atomic E-state index is 1.07. The predicted octanol–water partition coefficient (Wildman–Crippen LogP) is 1.55. The molecule has 0 amide bonds. The minimum absolute atomic E-state index is 1.07. The van der Waals surface area contributed by atoms with Gasteiger partial charge in [0.1, 0.15) is 0 Å². The van der Waals surface area contributed by atoms with Gasteiger partial charge in [0.25, 0.3) is 0 Å². The molecule has 60 valence electrons. The van der Waals surface area contributed by atoms with Gasteiger partial charge in [0.15, 0.2) is 0 Å². The summed E-state index contributed by atoms with van der Waals surface area (Å²) in [5.74, 6) is 0. The van der Waals surface area contributed by atoms with Crippen LogP contribution in [0.3, 0.4) is 0 Å². The Kier molecular flexibility index (Phi) is 1.62. The van der Waals surface area contributed by atoms with Crippen molar-refractivity contribution in [2.24, 2.45) is 0 Å². The van der Waals surface area contributed by atoms with Crippen molar-refractivity contribution >= 4 is 17.0 Å². The molecule has 2 nitrogen and oxygen atoms in total. The molecule has 0 spiro atoms. The van der Waals surface area contributed by atoms with Crippen molar-refractivity contribution in [3.63, 3.8) is 0 Å². The molecule has 1 aromatic heterocycles. The lowest BCUT2D eigenvalue weighted by molar-refractivity contribution is 0.648. The first kappa shape index (κ1) is 7.13. The molecule has 0 saturated carbocycles. The predicted molar refractivity (Wildman–Crippen MR) is 49.2 cm³/mol. The average molecular weight is 168 g/mol. The molecule has 1 N–H and O–H groups in total. The first-order valence-corrected chi connectivity index (χ1v) is 4.65. The van der Waals surface area contributed by atoms with Crippen LogP contribution in [-0.4, -0.2) is 13.6 Å². The Morgan fingerprint density at radius 3 is 3.18 bits per heavy atom.